The molecule has 34 heavy (non-hydrogen) atoms. The van der Waals surface area contributed by atoms with E-state index in [-0.39, 0.29) is 12.5 Å². The molecule has 3 rings (SSSR count). The van der Waals surface area contributed by atoms with Gasteiger partial charge < -0.3 is 34.5 Å². The molecule has 1 aliphatic heterocycles. The average Bonchev–Trinajstić information content (AvgIpc) is 2.81. The predicted molar refractivity (Wildman–Crippen MR) is 118 cm³/mol. The van der Waals surface area contributed by atoms with Crippen LogP contribution in [0.3, 0.4) is 0 Å². The number of ether oxygens (including phenoxy) is 4. The zero-order valence-electron chi connectivity index (χ0n) is 19.0. The highest BCUT2D eigenvalue weighted by Gasteiger charge is 2.47. The van der Waals surface area contributed by atoms with Gasteiger partial charge in [0.25, 0.3) is 5.91 Å². The lowest BCUT2D eigenvalue weighted by Gasteiger charge is -2.42. The minimum atomic E-state index is -1.48. The molecule has 10 nitrogen and oxygen atoms in total. The molecule has 2 aromatic carbocycles. The highest BCUT2D eigenvalue weighted by Crippen LogP contribution is 2.36. The van der Waals surface area contributed by atoms with Gasteiger partial charge in [-0.1, -0.05) is 12.1 Å². The van der Waals surface area contributed by atoms with Crippen LogP contribution in [0.25, 0.3) is 0 Å². The van der Waals surface area contributed by atoms with E-state index in [2.05, 4.69) is 5.32 Å². The zero-order valence-corrected chi connectivity index (χ0v) is 19.0. The fraction of sp³-hybridized carbons (Fsp3) is 0.375. The zero-order chi connectivity index (χ0) is 24.8. The summed E-state index contributed by atoms with van der Waals surface area (Å²) in [6, 6.07) is 13.2. The van der Waals surface area contributed by atoms with Gasteiger partial charge >= 0.3 is 11.9 Å². The Morgan fingerprint density at radius 2 is 1.68 bits per heavy atom. The van der Waals surface area contributed by atoms with Crippen LogP contribution in [0.15, 0.2) is 48.5 Å². The third kappa shape index (κ3) is 6.10. The van der Waals surface area contributed by atoms with E-state index in [0.717, 1.165) is 6.92 Å². The minimum absolute atomic E-state index is 0.217. The summed E-state index contributed by atoms with van der Waals surface area (Å²) < 4.78 is 21.9. The van der Waals surface area contributed by atoms with Gasteiger partial charge in [-0.05, 0) is 42.0 Å². The van der Waals surface area contributed by atoms with Crippen LogP contribution in [-0.4, -0.2) is 66.1 Å². The summed E-state index contributed by atoms with van der Waals surface area (Å²) in [4.78, 5) is 34.4. The second-order valence-electron chi connectivity index (χ2n) is 7.73. The number of carbonyl (C=O) groups excluding carboxylic acids is 3. The van der Waals surface area contributed by atoms with Crippen molar-refractivity contribution in [3.63, 3.8) is 0 Å². The molecule has 0 aromatic heterocycles. The van der Waals surface area contributed by atoms with Crippen LogP contribution < -0.4 is 10.1 Å². The first-order valence-electron chi connectivity index (χ1n) is 10.6. The van der Waals surface area contributed by atoms with E-state index in [1.54, 1.807) is 55.6 Å². The lowest BCUT2D eigenvalue weighted by molar-refractivity contribution is -0.242. The number of hydrogen-bond acceptors (Lipinski definition) is 9. The van der Waals surface area contributed by atoms with Crippen LogP contribution in [0.4, 0.5) is 0 Å². The van der Waals surface area contributed by atoms with Gasteiger partial charge in [0, 0.05) is 26.5 Å². The minimum Gasteiger partial charge on any atom is -0.463 e. The van der Waals surface area contributed by atoms with Gasteiger partial charge in [-0.15, -0.1) is 0 Å². The molecule has 0 aliphatic carbocycles. The number of aliphatic hydroxyl groups is 2. The third-order valence-corrected chi connectivity index (χ3v) is 5.20. The molecule has 0 spiro atoms. The largest absolute Gasteiger partial charge is 0.463 e. The molecule has 1 heterocycles. The van der Waals surface area contributed by atoms with Crippen molar-refractivity contribution >= 4 is 17.8 Å². The molecule has 182 valence electrons. The van der Waals surface area contributed by atoms with Crippen molar-refractivity contribution < 1.29 is 43.5 Å². The van der Waals surface area contributed by atoms with Gasteiger partial charge in [0.05, 0.1) is 0 Å². The van der Waals surface area contributed by atoms with E-state index in [9.17, 15) is 24.6 Å². The molecular weight excluding hydrogens is 446 g/mol. The quantitative estimate of drug-likeness (QED) is 0.510. The Balaban J connectivity index is 1.80. The summed E-state index contributed by atoms with van der Waals surface area (Å²) in [5.41, 5.74) is 0.970. The van der Waals surface area contributed by atoms with Crippen molar-refractivity contribution in [2.45, 2.75) is 44.4 Å². The molecular formula is C24H27NO9. The van der Waals surface area contributed by atoms with Gasteiger partial charge in [0.15, 0.2) is 6.10 Å². The Morgan fingerprint density at radius 1 is 0.971 bits per heavy atom. The van der Waals surface area contributed by atoms with Crippen LogP contribution in [0.5, 0.6) is 11.5 Å². The van der Waals surface area contributed by atoms with Gasteiger partial charge in [0.1, 0.15) is 42.5 Å². The molecule has 1 saturated heterocycles. The third-order valence-electron chi connectivity index (χ3n) is 5.20. The van der Waals surface area contributed by atoms with Crippen LogP contribution in [0.1, 0.15) is 35.9 Å². The Hall–Kier alpha value is -3.47. The van der Waals surface area contributed by atoms with E-state index < -0.39 is 42.5 Å². The Morgan fingerprint density at radius 3 is 2.29 bits per heavy atom. The molecule has 1 aliphatic rings. The smallest absolute Gasteiger partial charge is 0.303 e. The first-order valence-corrected chi connectivity index (χ1v) is 10.6. The number of hydrogen-bond donors (Lipinski definition) is 3. The molecule has 1 amide bonds. The van der Waals surface area contributed by atoms with E-state index >= 15 is 0 Å². The van der Waals surface area contributed by atoms with Gasteiger partial charge in [-0.2, -0.15) is 0 Å². The molecule has 3 N–H and O–H groups in total. The van der Waals surface area contributed by atoms with E-state index in [1.165, 1.54) is 6.92 Å². The Kier molecular flexibility index (Phi) is 8.21. The fourth-order valence-electron chi connectivity index (χ4n) is 3.60. The molecule has 0 radical (unpaired) electrons. The molecule has 10 heteroatoms. The van der Waals surface area contributed by atoms with Crippen molar-refractivity contribution in [3.8, 4) is 11.5 Å². The predicted octanol–water partition coefficient (Wildman–Crippen LogP) is 1.49. The number of aliphatic hydroxyl groups excluding tert-OH is 2. The number of esters is 2. The Labute approximate surface area is 196 Å². The second-order valence-corrected chi connectivity index (χ2v) is 7.73. The van der Waals surface area contributed by atoms with E-state index in [1.807, 2.05) is 0 Å². The summed E-state index contributed by atoms with van der Waals surface area (Å²) >= 11 is 0. The van der Waals surface area contributed by atoms with Crippen LogP contribution in [0, 0.1) is 0 Å². The highest BCUT2D eigenvalue weighted by molar-refractivity contribution is 5.94. The van der Waals surface area contributed by atoms with Gasteiger partial charge in [-0.3, -0.25) is 14.4 Å². The summed E-state index contributed by atoms with van der Waals surface area (Å²) in [7, 11) is 1.54. The van der Waals surface area contributed by atoms with Gasteiger partial charge in [-0.25, -0.2) is 0 Å². The SMILES string of the molecule is CNC(=O)c1ccc(Oc2cccc([C@H]3O[C@H](COC(C)=O)[C@H](OC(C)=O)[C@H](O)[C@@H]3O)c2)cc1. The number of rotatable bonds is 7. The first-order chi connectivity index (χ1) is 16.2. The van der Waals surface area contributed by atoms with Crippen molar-refractivity contribution in [2.75, 3.05) is 13.7 Å². The number of nitrogens with one attached hydrogen (secondary N) is 1. The van der Waals surface area contributed by atoms with E-state index in [0.29, 0.717) is 22.6 Å². The van der Waals surface area contributed by atoms with E-state index in [4.69, 9.17) is 18.9 Å². The molecule has 0 saturated carbocycles. The second kappa shape index (κ2) is 11.1. The summed E-state index contributed by atoms with van der Waals surface area (Å²) in [6.07, 6.45) is -6.15. The van der Waals surface area contributed by atoms with Gasteiger partial charge in [0.2, 0.25) is 0 Å². The van der Waals surface area contributed by atoms with Crippen LogP contribution in [0.2, 0.25) is 0 Å². The maximum atomic E-state index is 11.7. The molecule has 2 aromatic rings. The summed E-state index contributed by atoms with van der Waals surface area (Å²) in [6.45, 7) is 2.10. The molecule has 0 unspecified atom stereocenters. The molecule has 1 fully saturated rings. The molecule has 0 bridgehead atoms. The topological polar surface area (TPSA) is 141 Å². The number of amides is 1. The molecule has 5 atom stereocenters. The normalized spacial score (nSPS) is 24.1. The lowest BCUT2D eigenvalue weighted by Crippen LogP contribution is -2.57. The maximum absolute atomic E-state index is 11.7. The average molecular weight is 473 g/mol. The summed E-state index contributed by atoms with van der Waals surface area (Å²) in [5.74, 6) is -0.554. The van der Waals surface area contributed by atoms with Crippen molar-refractivity contribution in [1.82, 2.24) is 5.32 Å². The Bertz CT molecular complexity index is 1020. The summed E-state index contributed by atoms with van der Waals surface area (Å²) in [5, 5.41) is 23.9. The monoisotopic (exact) mass is 473 g/mol. The maximum Gasteiger partial charge on any atom is 0.303 e. The standard InChI is InChI=1S/C24H27NO9/c1-13(26)31-12-19-23(32-14(2)27)21(29)20(28)22(34-19)16-5-4-6-18(11-16)33-17-9-7-15(8-10-17)24(30)25-3/h4-11,19-23,28-29H,12H2,1-3H3,(H,25,30)/t19-,20+,21-,22-,23+/m1/s1. The van der Waals surface area contributed by atoms with Crippen LogP contribution >= 0.6 is 0 Å². The fourth-order valence-corrected chi connectivity index (χ4v) is 3.60. The lowest BCUT2D eigenvalue weighted by atomic mass is 9.91. The highest BCUT2D eigenvalue weighted by atomic mass is 16.6. The number of carbonyl (C=O) groups is 3. The number of benzene rings is 2. The first kappa shape index (κ1) is 25.2. The van der Waals surface area contributed by atoms with Crippen molar-refractivity contribution in [1.29, 1.82) is 0 Å². The van der Waals surface area contributed by atoms with Crippen LogP contribution in [-0.2, 0) is 23.8 Å². The van der Waals surface area contributed by atoms with Crippen molar-refractivity contribution in [3.05, 3.63) is 59.7 Å². The van der Waals surface area contributed by atoms with Crippen molar-refractivity contribution in [2.24, 2.45) is 0 Å².